The van der Waals surface area contributed by atoms with Crippen LogP contribution in [0.3, 0.4) is 0 Å². The van der Waals surface area contributed by atoms with Crippen molar-refractivity contribution in [3.8, 4) is 0 Å². The third kappa shape index (κ3) is 3.93. The van der Waals surface area contributed by atoms with Crippen molar-refractivity contribution in [3.63, 3.8) is 0 Å². The van der Waals surface area contributed by atoms with Gasteiger partial charge >= 0.3 is 0 Å². The summed E-state index contributed by atoms with van der Waals surface area (Å²) in [5, 5.41) is 7.01. The molecule has 2 unspecified atom stereocenters. The van der Waals surface area contributed by atoms with Gasteiger partial charge in [-0.05, 0) is 33.1 Å². The molecule has 0 bridgehead atoms. The van der Waals surface area contributed by atoms with Gasteiger partial charge in [0.05, 0.1) is 6.04 Å². The van der Waals surface area contributed by atoms with E-state index in [1.54, 1.807) is 11.3 Å². The second-order valence-corrected chi connectivity index (χ2v) is 5.78. The average molecular weight is 250 g/mol. The van der Waals surface area contributed by atoms with Crippen LogP contribution in [0.2, 0.25) is 0 Å². The fourth-order valence-electron chi connectivity index (χ4n) is 2.26. The van der Waals surface area contributed by atoms with Crippen LogP contribution in [0.1, 0.15) is 55.8 Å². The van der Waals surface area contributed by atoms with E-state index in [0.29, 0.717) is 12.1 Å². The molecule has 2 rings (SSSR count). The van der Waals surface area contributed by atoms with Crippen LogP contribution in [-0.4, -0.2) is 11.0 Å². The van der Waals surface area contributed by atoms with Crippen molar-refractivity contribution in [2.45, 2.75) is 58.0 Å². The Balaban J connectivity index is 1.92. The highest BCUT2D eigenvalue weighted by Crippen LogP contribution is 2.20. The van der Waals surface area contributed by atoms with E-state index in [-0.39, 0.29) is 0 Å². The Morgan fingerprint density at radius 2 is 2.29 bits per heavy atom. The monoisotopic (exact) mass is 250 g/mol. The van der Waals surface area contributed by atoms with Gasteiger partial charge < -0.3 is 5.32 Å². The van der Waals surface area contributed by atoms with Gasteiger partial charge in [-0.25, -0.2) is 4.98 Å². The number of hydrogen-bond donors (Lipinski definition) is 1. The minimum atomic E-state index is 0.364. The van der Waals surface area contributed by atoms with Crippen LogP contribution in [0.15, 0.2) is 17.5 Å². The minimum absolute atomic E-state index is 0.364. The molecule has 1 aliphatic carbocycles. The fraction of sp³-hybridized carbons (Fsp3) is 0.643. The molecule has 2 nitrogen and oxygen atoms in total. The summed E-state index contributed by atoms with van der Waals surface area (Å²) in [6.07, 6.45) is 11.2. The van der Waals surface area contributed by atoms with Gasteiger partial charge in [-0.3, -0.25) is 0 Å². The Morgan fingerprint density at radius 3 is 3.06 bits per heavy atom. The zero-order chi connectivity index (χ0) is 12.1. The van der Waals surface area contributed by atoms with E-state index in [1.165, 1.54) is 37.1 Å². The number of aryl methyl sites for hydroxylation is 1. The zero-order valence-corrected chi connectivity index (χ0v) is 11.6. The summed E-state index contributed by atoms with van der Waals surface area (Å²) in [5.74, 6) is 0. The number of nitrogens with zero attached hydrogens (tertiary/aromatic N) is 1. The lowest BCUT2D eigenvalue weighted by molar-refractivity contribution is 0.460. The summed E-state index contributed by atoms with van der Waals surface area (Å²) in [6.45, 7) is 4.27. The second kappa shape index (κ2) is 6.31. The lowest BCUT2D eigenvalue weighted by atomic mass is 10.0. The molecule has 1 heterocycles. The van der Waals surface area contributed by atoms with Crippen molar-refractivity contribution in [1.82, 2.24) is 10.3 Å². The maximum atomic E-state index is 4.55. The van der Waals surface area contributed by atoms with Crippen LogP contribution in [0, 0.1) is 6.92 Å². The summed E-state index contributed by atoms with van der Waals surface area (Å²) < 4.78 is 0. The van der Waals surface area contributed by atoms with Crippen molar-refractivity contribution in [2.75, 3.05) is 0 Å². The largest absolute Gasteiger partial charge is 0.302 e. The van der Waals surface area contributed by atoms with Crippen molar-refractivity contribution >= 4 is 11.3 Å². The van der Waals surface area contributed by atoms with Gasteiger partial charge in [-0.1, -0.05) is 25.0 Å². The van der Waals surface area contributed by atoms with Gasteiger partial charge in [0, 0.05) is 17.1 Å². The van der Waals surface area contributed by atoms with Crippen molar-refractivity contribution in [3.05, 3.63) is 28.2 Å². The van der Waals surface area contributed by atoms with Crippen LogP contribution in [0.5, 0.6) is 0 Å². The highest BCUT2D eigenvalue weighted by molar-refractivity contribution is 7.09. The molecule has 94 valence electrons. The maximum absolute atomic E-state index is 4.55. The maximum Gasteiger partial charge on any atom is 0.110 e. The molecule has 0 aliphatic heterocycles. The first-order chi connectivity index (χ1) is 8.25. The van der Waals surface area contributed by atoms with E-state index in [2.05, 4.69) is 41.7 Å². The van der Waals surface area contributed by atoms with Crippen molar-refractivity contribution in [1.29, 1.82) is 0 Å². The average Bonchev–Trinajstić information content (AvgIpc) is 2.68. The Labute approximate surface area is 108 Å². The van der Waals surface area contributed by atoms with E-state index in [1.807, 2.05) is 0 Å². The Hall–Kier alpha value is -0.670. The van der Waals surface area contributed by atoms with Gasteiger partial charge in [-0.15, -0.1) is 11.3 Å². The predicted octanol–water partition coefficient (Wildman–Crippen LogP) is 3.99. The van der Waals surface area contributed by atoms with E-state index < -0.39 is 0 Å². The first-order valence-electron chi connectivity index (χ1n) is 6.60. The van der Waals surface area contributed by atoms with Gasteiger partial charge in [-0.2, -0.15) is 0 Å². The van der Waals surface area contributed by atoms with Crippen LogP contribution in [0.4, 0.5) is 0 Å². The third-order valence-electron chi connectivity index (χ3n) is 3.23. The first kappa shape index (κ1) is 12.8. The summed E-state index contributed by atoms with van der Waals surface area (Å²) in [6, 6.07) is 0.886. The number of thiazole rings is 1. The van der Waals surface area contributed by atoms with Gasteiger partial charge in [0.15, 0.2) is 0 Å². The summed E-state index contributed by atoms with van der Waals surface area (Å²) in [7, 11) is 0. The van der Waals surface area contributed by atoms with E-state index in [4.69, 9.17) is 0 Å². The molecule has 17 heavy (non-hydrogen) atoms. The van der Waals surface area contributed by atoms with E-state index >= 15 is 0 Å². The number of hydrogen-bond acceptors (Lipinski definition) is 3. The Morgan fingerprint density at radius 1 is 1.41 bits per heavy atom. The molecule has 0 aromatic carbocycles. The molecular weight excluding hydrogens is 228 g/mol. The highest BCUT2D eigenvalue weighted by atomic mass is 32.1. The number of rotatable bonds is 3. The van der Waals surface area contributed by atoms with Crippen LogP contribution in [0.25, 0.3) is 0 Å². The molecule has 0 fully saturated rings. The molecule has 2 atom stereocenters. The molecule has 0 amide bonds. The molecule has 0 radical (unpaired) electrons. The van der Waals surface area contributed by atoms with Gasteiger partial charge in [0.2, 0.25) is 0 Å². The molecule has 1 aromatic rings. The van der Waals surface area contributed by atoms with Gasteiger partial charge in [0.1, 0.15) is 5.01 Å². The summed E-state index contributed by atoms with van der Waals surface area (Å²) in [5.41, 5.74) is 1.13. The van der Waals surface area contributed by atoms with Crippen LogP contribution in [-0.2, 0) is 0 Å². The molecule has 1 N–H and O–H groups in total. The van der Waals surface area contributed by atoms with Crippen molar-refractivity contribution < 1.29 is 0 Å². The smallest absolute Gasteiger partial charge is 0.110 e. The van der Waals surface area contributed by atoms with Crippen LogP contribution >= 0.6 is 11.3 Å². The van der Waals surface area contributed by atoms with Gasteiger partial charge in [0.25, 0.3) is 0 Å². The lowest BCUT2D eigenvalue weighted by Crippen LogP contribution is -2.30. The SMILES string of the molecule is Cc1csc(C(C)NC2/C=C/CCCCC2)n1. The molecule has 1 aliphatic rings. The lowest BCUT2D eigenvalue weighted by Gasteiger charge is -2.20. The molecule has 0 saturated heterocycles. The van der Waals surface area contributed by atoms with Crippen molar-refractivity contribution in [2.24, 2.45) is 0 Å². The standard InChI is InChI=1S/C14H22N2S/c1-11-10-17-14(15-11)12(2)16-13-8-6-4-3-5-7-9-13/h6,8,10,12-13,16H,3-5,7,9H2,1-2H3/b8-6+. The first-order valence-corrected chi connectivity index (χ1v) is 7.48. The predicted molar refractivity (Wildman–Crippen MR) is 74.4 cm³/mol. The molecular formula is C14H22N2S. The number of allylic oxidation sites excluding steroid dienone is 1. The summed E-state index contributed by atoms with van der Waals surface area (Å²) >= 11 is 1.76. The third-order valence-corrected chi connectivity index (χ3v) is 4.37. The molecule has 1 aromatic heterocycles. The Bertz CT molecular complexity index is 370. The molecule has 3 heteroatoms. The number of nitrogens with one attached hydrogen (secondary N) is 1. The molecule has 0 saturated carbocycles. The van der Waals surface area contributed by atoms with Crippen LogP contribution < -0.4 is 5.32 Å². The summed E-state index contributed by atoms with van der Waals surface area (Å²) in [4.78, 5) is 4.55. The Kier molecular flexibility index (Phi) is 4.75. The second-order valence-electron chi connectivity index (χ2n) is 4.89. The topological polar surface area (TPSA) is 24.9 Å². The van der Waals surface area contributed by atoms with E-state index in [0.717, 1.165) is 5.69 Å². The highest BCUT2D eigenvalue weighted by Gasteiger charge is 2.14. The molecule has 0 spiro atoms. The zero-order valence-electron chi connectivity index (χ0n) is 10.8. The quantitative estimate of drug-likeness (QED) is 0.820. The van der Waals surface area contributed by atoms with E-state index in [9.17, 15) is 0 Å². The minimum Gasteiger partial charge on any atom is -0.302 e. The normalized spacial score (nSPS) is 24.9. The number of aromatic nitrogens is 1. The fourth-order valence-corrected chi connectivity index (χ4v) is 3.08.